The summed E-state index contributed by atoms with van der Waals surface area (Å²) in [6.45, 7) is 5.17. The Morgan fingerprint density at radius 1 is 1.38 bits per heavy atom. The van der Waals surface area contributed by atoms with Crippen molar-refractivity contribution in [2.24, 2.45) is 0 Å². The van der Waals surface area contributed by atoms with Crippen LogP contribution < -0.4 is 5.32 Å². The van der Waals surface area contributed by atoms with Crippen molar-refractivity contribution in [2.75, 3.05) is 32.7 Å². The number of aromatic nitrogens is 2. The molecule has 0 radical (unpaired) electrons. The third kappa shape index (κ3) is 3.24. The van der Waals surface area contributed by atoms with Gasteiger partial charge in [0, 0.05) is 48.7 Å². The number of H-pyrrole nitrogens is 1. The van der Waals surface area contributed by atoms with Crippen LogP contribution in [-0.2, 0) is 11.3 Å². The maximum Gasteiger partial charge on any atom is 0.236 e. The number of nitrogens with zero attached hydrogens (tertiary/aromatic N) is 3. The lowest BCUT2D eigenvalue weighted by Gasteiger charge is -2.41. The summed E-state index contributed by atoms with van der Waals surface area (Å²) in [6.07, 6.45) is 4.20. The van der Waals surface area contributed by atoms with E-state index in [1.165, 1.54) is 11.1 Å². The number of piperazine rings is 1. The first kappa shape index (κ1) is 15.8. The molecule has 6 nitrogen and oxygen atoms in total. The van der Waals surface area contributed by atoms with Gasteiger partial charge in [0.05, 0.1) is 18.4 Å². The van der Waals surface area contributed by atoms with Crippen LogP contribution in [0.15, 0.2) is 23.0 Å². The number of likely N-dealkylation sites (tertiary alicyclic amines) is 1. The van der Waals surface area contributed by atoms with E-state index >= 15 is 0 Å². The van der Waals surface area contributed by atoms with Crippen molar-refractivity contribution in [2.45, 2.75) is 25.4 Å². The number of amides is 1. The molecular weight excluding hydrogens is 322 g/mol. The van der Waals surface area contributed by atoms with E-state index in [4.69, 9.17) is 0 Å². The molecule has 0 aromatic carbocycles. The number of hydrogen-bond donors (Lipinski definition) is 2. The molecule has 2 fully saturated rings. The number of rotatable bonds is 4. The number of carbonyl (C=O) groups excluding carboxylic acids is 1. The summed E-state index contributed by atoms with van der Waals surface area (Å²) in [5.41, 5.74) is 3.57. The SMILES string of the molecule is O=C1CNCCN1C1CCCN(Cc2cn[nH]c2-c2ccsc2)C1. The molecule has 2 aliphatic rings. The highest BCUT2D eigenvalue weighted by Gasteiger charge is 2.30. The van der Waals surface area contributed by atoms with E-state index in [1.807, 2.05) is 6.20 Å². The van der Waals surface area contributed by atoms with Gasteiger partial charge in [-0.2, -0.15) is 16.4 Å². The van der Waals surface area contributed by atoms with E-state index in [0.29, 0.717) is 12.6 Å². The third-order valence-corrected chi connectivity index (χ3v) is 5.65. The van der Waals surface area contributed by atoms with Crippen molar-refractivity contribution >= 4 is 17.2 Å². The molecule has 24 heavy (non-hydrogen) atoms. The molecule has 0 spiro atoms. The standard InChI is InChI=1S/C17H23N5OS/c23-16-9-18-4-6-22(16)15-2-1-5-21(11-15)10-14-8-19-20-17(14)13-3-7-24-12-13/h3,7-8,12,15,18H,1-2,4-6,9-11H2,(H,19,20). The molecule has 128 valence electrons. The first-order valence-corrected chi connectivity index (χ1v) is 9.53. The van der Waals surface area contributed by atoms with Gasteiger partial charge in [0.1, 0.15) is 0 Å². The molecule has 1 unspecified atom stereocenters. The Morgan fingerprint density at radius 2 is 2.33 bits per heavy atom. The second kappa shape index (κ2) is 7.04. The fourth-order valence-electron chi connectivity index (χ4n) is 3.76. The second-order valence-electron chi connectivity index (χ2n) is 6.58. The van der Waals surface area contributed by atoms with Crippen molar-refractivity contribution in [3.05, 3.63) is 28.6 Å². The van der Waals surface area contributed by atoms with Crippen LogP contribution in [0.3, 0.4) is 0 Å². The average Bonchev–Trinajstić information content (AvgIpc) is 3.27. The summed E-state index contributed by atoms with van der Waals surface area (Å²) in [7, 11) is 0. The van der Waals surface area contributed by atoms with Crippen molar-refractivity contribution in [1.29, 1.82) is 0 Å². The third-order valence-electron chi connectivity index (χ3n) is 4.97. The molecular formula is C17H23N5OS. The monoisotopic (exact) mass is 345 g/mol. The first-order chi connectivity index (χ1) is 11.8. The van der Waals surface area contributed by atoms with E-state index < -0.39 is 0 Å². The Labute approximate surface area is 145 Å². The number of carbonyl (C=O) groups is 1. The zero-order chi connectivity index (χ0) is 16.4. The molecule has 4 rings (SSSR count). The number of thiophene rings is 1. The van der Waals surface area contributed by atoms with Crippen molar-refractivity contribution in [3.8, 4) is 11.3 Å². The highest BCUT2D eigenvalue weighted by atomic mass is 32.1. The van der Waals surface area contributed by atoms with Crippen LogP contribution in [0.2, 0.25) is 0 Å². The van der Waals surface area contributed by atoms with E-state index in [0.717, 1.165) is 51.3 Å². The number of piperidine rings is 1. The lowest BCUT2D eigenvalue weighted by Crippen LogP contribution is -2.56. The summed E-state index contributed by atoms with van der Waals surface area (Å²) in [5, 5.41) is 14.8. The van der Waals surface area contributed by atoms with Crippen molar-refractivity contribution in [3.63, 3.8) is 0 Å². The normalized spacial score (nSPS) is 22.9. The fourth-order valence-corrected chi connectivity index (χ4v) is 4.41. The van der Waals surface area contributed by atoms with E-state index in [1.54, 1.807) is 11.3 Å². The summed E-state index contributed by atoms with van der Waals surface area (Å²) in [5.74, 6) is 0.246. The number of nitrogens with one attached hydrogen (secondary N) is 2. The van der Waals surface area contributed by atoms with Gasteiger partial charge in [0.25, 0.3) is 0 Å². The zero-order valence-corrected chi connectivity index (χ0v) is 14.5. The molecule has 2 aromatic heterocycles. The van der Waals surface area contributed by atoms with Gasteiger partial charge in [-0.15, -0.1) is 0 Å². The fraction of sp³-hybridized carbons (Fsp3) is 0.529. The Hall–Kier alpha value is -1.70. The lowest BCUT2D eigenvalue weighted by atomic mass is 10.0. The Balaban J connectivity index is 1.44. The predicted molar refractivity (Wildman–Crippen MR) is 94.8 cm³/mol. The zero-order valence-electron chi connectivity index (χ0n) is 13.7. The Kier molecular flexibility index (Phi) is 4.64. The predicted octanol–water partition coefficient (Wildman–Crippen LogP) is 1.53. The minimum atomic E-state index is 0.246. The highest BCUT2D eigenvalue weighted by Crippen LogP contribution is 2.26. The molecule has 2 aliphatic heterocycles. The van der Waals surface area contributed by atoms with Gasteiger partial charge in [0.2, 0.25) is 5.91 Å². The lowest BCUT2D eigenvalue weighted by molar-refractivity contribution is -0.135. The maximum atomic E-state index is 12.2. The molecule has 7 heteroatoms. The summed E-state index contributed by atoms with van der Waals surface area (Å²) >= 11 is 1.70. The van der Waals surface area contributed by atoms with Gasteiger partial charge < -0.3 is 10.2 Å². The minimum Gasteiger partial charge on any atom is -0.336 e. The first-order valence-electron chi connectivity index (χ1n) is 8.58. The molecule has 1 amide bonds. The van der Waals surface area contributed by atoms with Crippen LogP contribution in [-0.4, -0.2) is 64.7 Å². The van der Waals surface area contributed by atoms with Gasteiger partial charge in [-0.05, 0) is 30.8 Å². The summed E-state index contributed by atoms with van der Waals surface area (Å²) in [4.78, 5) is 16.7. The number of hydrogen-bond acceptors (Lipinski definition) is 5. The quantitative estimate of drug-likeness (QED) is 0.882. The molecule has 2 saturated heterocycles. The van der Waals surface area contributed by atoms with Crippen molar-refractivity contribution in [1.82, 2.24) is 25.3 Å². The van der Waals surface area contributed by atoms with E-state index in [9.17, 15) is 4.79 Å². The van der Waals surface area contributed by atoms with Crippen molar-refractivity contribution < 1.29 is 4.79 Å². The van der Waals surface area contributed by atoms with Crippen LogP contribution in [0.4, 0.5) is 0 Å². The van der Waals surface area contributed by atoms with E-state index in [2.05, 4.69) is 42.1 Å². The maximum absolute atomic E-state index is 12.2. The molecule has 2 aromatic rings. The molecule has 0 saturated carbocycles. The van der Waals surface area contributed by atoms with Crippen LogP contribution in [0, 0.1) is 0 Å². The average molecular weight is 345 g/mol. The summed E-state index contributed by atoms with van der Waals surface area (Å²) < 4.78 is 0. The smallest absolute Gasteiger partial charge is 0.236 e. The topological polar surface area (TPSA) is 64.3 Å². The minimum absolute atomic E-state index is 0.246. The van der Waals surface area contributed by atoms with Gasteiger partial charge >= 0.3 is 0 Å². The van der Waals surface area contributed by atoms with Crippen LogP contribution in [0.25, 0.3) is 11.3 Å². The van der Waals surface area contributed by atoms with Gasteiger partial charge in [0.15, 0.2) is 0 Å². The molecule has 0 aliphatic carbocycles. The van der Waals surface area contributed by atoms with Gasteiger partial charge in [-0.1, -0.05) is 0 Å². The number of aromatic amines is 1. The molecule has 2 N–H and O–H groups in total. The Morgan fingerprint density at radius 3 is 3.17 bits per heavy atom. The highest BCUT2D eigenvalue weighted by molar-refractivity contribution is 7.08. The molecule has 1 atom stereocenters. The molecule has 4 heterocycles. The molecule has 0 bridgehead atoms. The largest absolute Gasteiger partial charge is 0.336 e. The Bertz CT molecular complexity index is 683. The van der Waals surface area contributed by atoms with Crippen LogP contribution >= 0.6 is 11.3 Å². The summed E-state index contributed by atoms with van der Waals surface area (Å²) in [6, 6.07) is 2.48. The second-order valence-corrected chi connectivity index (χ2v) is 7.36. The van der Waals surface area contributed by atoms with Gasteiger partial charge in [-0.25, -0.2) is 0 Å². The van der Waals surface area contributed by atoms with E-state index in [-0.39, 0.29) is 5.91 Å². The van der Waals surface area contributed by atoms with Crippen LogP contribution in [0.1, 0.15) is 18.4 Å². The van der Waals surface area contributed by atoms with Crippen LogP contribution in [0.5, 0.6) is 0 Å². The van der Waals surface area contributed by atoms with Gasteiger partial charge in [-0.3, -0.25) is 14.8 Å².